The van der Waals surface area contributed by atoms with Crippen LogP contribution in [0.4, 0.5) is 8.78 Å². The molecule has 3 aromatic rings. The minimum Gasteiger partial charge on any atom is -0.436 e. The fraction of sp³-hybridized carbons (Fsp3) is 0.304. The number of carbonyl (C=O) groups is 1. The first kappa shape index (κ1) is 21.5. The highest BCUT2D eigenvalue weighted by Gasteiger charge is 2.22. The summed E-state index contributed by atoms with van der Waals surface area (Å²) in [6.45, 7) is 5.70. The second kappa shape index (κ2) is 9.07. The number of benzene rings is 2. The molecule has 30 heavy (non-hydrogen) atoms. The van der Waals surface area contributed by atoms with Crippen molar-refractivity contribution in [3.63, 3.8) is 0 Å². The Labute approximate surface area is 174 Å². The Balaban J connectivity index is 1.99. The van der Waals surface area contributed by atoms with Gasteiger partial charge in [-0.15, -0.1) is 0 Å². The fourth-order valence-corrected chi connectivity index (χ4v) is 3.02. The minimum absolute atomic E-state index is 0.00391. The van der Waals surface area contributed by atoms with Crippen molar-refractivity contribution in [3.05, 3.63) is 71.4 Å². The monoisotopic (exact) mass is 413 g/mol. The number of halogens is 2. The number of hydrogen-bond acceptors (Lipinski definition) is 3. The Kier molecular flexibility index (Phi) is 6.50. The average Bonchev–Trinajstić information content (AvgIpc) is 3.03. The summed E-state index contributed by atoms with van der Waals surface area (Å²) in [5.41, 5.74) is 1.93. The number of carbonyl (C=O) groups excluding carboxylic acids is 1. The number of hydrogen-bond donors (Lipinski definition) is 0. The highest BCUT2D eigenvalue weighted by atomic mass is 19.1. The molecule has 5 nitrogen and oxygen atoms in total. The van der Waals surface area contributed by atoms with E-state index in [0.717, 1.165) is 0 Å². The third-order valence-corrected chi connectivity index (χ3v) is 5.01. The molecule has 0 atom stereocenters. The van der Waals surface area contributed by atoms with E-state index < -0.39 is 5.82 Å². The highest BCUT2D eigenvalue weighted by molar-refractivity contribution is 5.76. The van der Waals surface area contributed by atoms with Crippen LogP contribution in [-0.4, -0.2) is 33.7 Å². The van der Waals surface area contributed by atoms with E-state index in [1.165, 1.54) is 28.9 Å². The largest absolute Gasteiger partial charge is 0.436 e. The summed E-state index contributed by atoms with van der Waals surface area (Å²) in [7, 11) is 1.76. The van der Waals surface area contributed by atoms with Gasteiger partial charge in [-0.25, -0.2) is 13.5 Å². The lowest BCUT2D eigenvalue weighted by Crippen LogP contribution is -2.33. The maximum atomic E-state index is 14.2. The van der Waals surface area contributed by atoms with Crippen LogP contribution in [0.3, 0.4) is 0 Å². The first-order chi connectivity index (χ1) is 14.3. The third-order valence-electron chi connectivity index (χ3n) is 5.01. The molecule has 1 heterocycles. The predicted molar refractivity (Wildman–Crippen MR) is 111 cm³/mol. The lowest BCUT2D eigenvalue weighted by Gasteiger charge is -2.21. The topological polar surface area (TPSA) is 47.4 Å². The molecule has 0 radical (unpaired) electrons. The number of nitrogens with zero attached hydrogens (tertiary/aromatic N) is 3. The van der Waals surface area contributed by atoms with Gasteiger partial charge in [0.25, 0.3) is 0 Å². The highest BCUT2D eigenvalue weighted by Crippen LogP contribution is 2.32. The quantitative estimate of drug-likeness (QED) is 0.545. The van der Waals surface area contributed by atoms with E-state index >= 15 is 0 Å². The molecule has 7 heteroatoms. The van der Waals surface area contributed by atoms with Crippen molar-refractivity contribution in [2.75, 3.05) is 7.05 Å². The lowest BCUT2D eigenvalue weighted by molar-refractivity contribution is -0.131. The van der Waals surface area contributed by atoms with Crippen molar-refractivity contribution >= 4 is 5.91 Å². The van der Waals surface area contributed by atoms with Crippen molar-refractivity contribution in [2.24, 2.45) is 0 Å². The maximum absolute atomic E-state index is 14.2. The fourth-order valence-electron chi connectivity index (χ4n) is 3.02. The second-order valence-electron chi connectivity index (χ2n) is 7.39. The van der Waals surface area contributed by atoms with Gasteiger partial charge in [-0.2, -0.15) is 5.10 Å². The second-order valence-corrected chi connectivity index (χ2v) is 7.39. The first-order valence-electron chi connectivity index (χ1n) is 9.80. The summed E-state index contributed by atoms with van der Waals surface area (Å²) >= 11 is 0. The van der Waals surface area contributed by atoms with Crippen molar-refractivity contribution in [1.82, 2.24) is 14.7 Å². The molecule has 0 saturated carbocycles. The van der Waals surface area contributed by atoms with E-state index in [-0.39, 0.29) is 29.9 Å². The summed E-state index contributed by atoms with van der Waals surface area (Å²) in [6.07, 6.45) is 0.644. The lowest BCUT2D eigenvalue weighted by atomic mass is 10.1. The van der Waals surface area contributed by atoms with Crippen molar-refractivity contribution in [3.8, 4) is 17.3 Å². The summed E-state index contributed by atoms with van der Waals surface area (Å²) in [5, 5.41) is 4.52. The molecule has 158 valence electrons. The number of aromatic nitrogens is 2. The number of rotatable bonds is 7. The number of amides is 1. The van der Waals surface area contributed by atoms with Gasteiger partial charge >= 0.3 is 0 Å². The zero-order chi connectivity index (χ0) is 21.8. The Bertz CT molecular complexity index is 1030. The Morgan fingerprint density at radius 2 is 1.80 bits per heavy atom. The summed E-state index contributed by atoms with van der Waals surface area (Å²) in [4.78, 5) is 14.1. The zero-order valence-electron chi connectivity index (χ0n) is 17.5. The Hall–Kier alpha value is -3.22. The molecule has 0 aliphatic rings. The van der Waals surface area contributed by atoms with Gasteiger partial charge in [0.05, 0.1) is 11.4 Å². The molecule has 0 unspecified atom stereocenters. The maximum Gasteiger partial charge on any atom is 0.226 e. The third kappa shape index (κ3) is 4.67. The van der Waals surface area contributed by atoms with Crippen molar-refractivity contribution in [1.29, 1.82) is 0 Å². The van der Waals surface area contributed by atoms with Crippen LogP contribution in [0, 0.1) is 18.6 Å². The molecule has 0 aliphatic carbocycles. The van der Waals surface area contributed by atoms with Crippen LogP contribution >= 0.6 is 0 Å². The van der Waals surface area contributed by atoms with Crippen LogP contribution in [0.5, 0.6) is 11.6 Å². The van der Waals surface area contributed by atoms with Gasteiger partial charge in [0.2, 0.25) is 11.8 Å². The molecular weight excluding hydrogens is 388 g/mol. The van der Waals surface area contributed by atoms with Gasteiger partial charge in [0, 0.05) is 25.1 Å². The molecule has 0 N–H and O–H groups in total. The van der Waals surface area contributed by atoms with Crippen LogP contribution in [0.1, 0.15) is 31.5 Å². The van der Waals surface area contributed by atoms with Crippen LogP contribution in [0.2, 0.25) is 0 Å². The summed E-state index contributed by atoms with van der Waals surface area (Å²) in [6, 6.07) is 11.9. The van der Waals surface area contributed by atoms with Gasteiger partial charge in [-0.3, -0.25) is 4.79 Å². The van der Waals surface area contributed by atoms with Crippen LogP contribution in [0.15, 0.2) is 48.5 Å². The molecule has 0 aliphatic heterocycles. The molecule has 2 aromatic carbocycles. The average molecular weight is 413 g/mol. The molecule has 3 rings (SSSR count). The van der Waals surface area contributed by atoms with Gasteiger partial charge in [-0.05, 0) is 63.6 Å². The van der Waals surface area contributed by atoms with Gasteiger partial charge in [-0.1, -0.05) is 12.1 Å². The van der Waals surface area contributed by atoms with Crippen molar-refractivity contribution < 1.29 is 18.3 Å². The standard InChI is InChI=1S/C23H25F2N3O2/c1-15(2)27(4)22(29)14-13-19-16(3)26-28(18-11-9-17(24)10-12-18)23(19)30-21-8-6-5-7-20(21)25/h5-12,15H,13-14H2,1-4H3. The molecule has 0 saturated heterocycles. The van der Waals surface area contributed by atoms with Gasteiger partial charge < -0.3 is 9.64 Å². The molecular formula is C23H25F2N3O2. The first-order valence-corrected chi connectivity index (χ1v) is 9.80. The van der Waals surface area contributed by atoms with E-state index in [9.17, 15) is 13.6 Å². The van der Waals surface area contributed by atoms with Gasteiger partial charge in [0.15, 0.2) is 11.6 Å². The minimum atomic E-state index is -0.511. The molecule has 1 amide bonds. The SMILES string of the molecule is Cc1nn(-c2ccc(F)cc2)c(Oc2ccccc2F)c1CCC(=O)N(C)C(C)C. The van der Waals surface area contributed by atoms with Crippen LogP contribution in [-0.2, 0) is 11.2 Å². The van der Waals surface area contributed by atoms with Crippen LogP contribution in [0.25, 0.3) is 5.69 Å². The molecule has 0 fully saturated rings. The Morgan fingerprint density at radius 1 is 1.13 bits per heavy atom. The van der Waals surface area contributed by atoms with E-state index in [1.807, 2.05) is 13.8 Å². The van der Waals surface area contributed by atoms with E-state index in [0.29, 0.717) is 29.2 Å². The number of para-hydroxylation sites is 1. The number of ether oxygens (including phenoxy) is 1. The van der Waals surface area contributed by atoms with Crippen LogP contribution < -0.4 is 4.74 Å². The van der Waals surface area contributed by atoms with E-state index in [1.54, 1.807) is 43.1 Å². The summed E-state index contributed by atoms with van der Waals surface area (Å²) in [5.74, 6) is -0.530. The normalized spacial score (nSPS) is 11.0. The van der Waals surface area contributed by atoms with Gasteiger partial charge in [0.1, 0.15) is 5.82 Å². The van der Waals surface area contributed by atoms with E-state index in [2.05, 4.69) is 5.10 Å². The zero-order valence-corrected chi connectivity index (χ0v) is 17.5. The summed E-state index contributed by atoms with van der Waals surface area (Å²) < 4.78 is 35.1. The predicted octanol–water partition coefficient (Wildman–Crippen LogP) is 5.05. The van der Waals surface area contributed by atoms with Crippen molar-refractivity contribution in [2.45, 2.75) is 39.7 Å². The molecule has 0 spiro atoms. The molecule has 1 aromatic heterocycles. The molecule has 0 bridgehead atoms. The number of aryl methyl sites for hydroxylation is 1. The van der Waals surface area contributed by atoms with E-state index in [4.69, 9.17) is 4.74 Å². The smallest absolute Gasteiger partial charge is 0.226 e. The Morgan fingerprint density at radius 3 is 2.43 bits per heavy atom.